The third-order valence-electron chi connectivity index (χ3n) is 3.05. The van der Waals surface area contributed by atoms with Gasteiger partial charge in [0.25, 0.3) is 5.91 Å². The van der Waals surface area contributed by atoms with E-state index in [1.807, 2.05) is 6.92 Å². The summed E-state index contributed by atoms with van der Waals surface area (Å²) in [4.78, 5) is 11.9. The molecule has 0 saturated heterocycles. The maximum Gasteiger partial charge on any atom is 0.265 e. The van der Waals surface area contributed by atoms with Crippen molar-refractivity contribution in [2.45, 2.75) is 20.0 Å². The van der Waals surface area contributed by atoms with Crippen molar-refractivity contribution in [2.75, 3.05) is 5.32 Å². The highest BCUT2D eigenvalue weighted by atomic mass is 19.2. The second-order valence-corrected chi connectivity index (χ2v) is 4.91. The lowest BCUT2D eigenvalue weighted by Gasteiger charge is -2.16. The highest BCUT2D eigenvalue weighted by Crippen LogP contribution is 2.27. The Morgan fingerprint density at radius 1 is 1.04 bits per heavy atom. The van der Waals surface area contributed by atoms with Crippen molar-refractivity contribution >= 4 is 11.6 Å². The summed E-state index contributed by atoms with van der Waals surface area (Å²) in [6.07, 6.45) is -1.37. The summed E-state index contributed by atoms with van der Waals surface area (Å²) in [6.45, 7) is 3.06. The number of carbonyl (C=O) groups excluding carboxylic acids is 1. The molecule has 0 aromatic heterocycles. The van der Waals surface area contributed by atoms with Crippen LogP contribution in [0.15, 0.2) is 30.3 Å². The van der Waals surface area contributed by atoms with Crippen LogP contribution in [0, 0.1) is 30.2 Å². The molecule has 1 amide bonds. The summed E-state index contributed by atoms with van der Waals surface area (Å²) in [5.74, 6) is -8.60. The van der Waals surface area contributed by atoms with Gasteiger partial charge in [0.05, 0.1) is 0 Å². The maximum atomic E-state index is 13.5. The zero-order chi connectivity index (χ0) is 17.1. The van der Waals surface area contributed by atoms with Crippen LogP contribution in [0.1, 0.15) is 12.5 Å². The van der Waals surface area contributed by atoms with Crippen LogP contribution in [0.2, 0.25) is 0 Å². The van der Waals surface area contributed by atoms with E-state index in [0.29, 0.717) is 5.69 Å². The van der Waals surface area contributed by atoms with E-state index in [0.717, 1.165) is 5.56 Å². The van der Waals surface area contributed by atoms with Gasteiger partial charge in [-0.15, -0.1) is 0 Å². The molecule has 0 bridgehead atoms. The van der Waals surface area contributed by atoms with Crippen LogP contribution in [0.4, 0.5) is 23.2 Å². The van der Waals surface area contributed by atoms with Gasteiger partial charge in [-0.3, -0.25) is 4.79 Å². The van der Waals surface area contributed by atoms with E-state index in [2.05, 4.69) is 5.32 Å². The average Bonchev–Trinajstić information content (AvgIpc) is 2.51. The Hall–Kier alpha value is -2.57. The summed E-state index contributed by atoms with van der Waals surface area (Å²) in [7, 11) is 0. The average molecular weight is 327 g/mol. The van der Waals surface area contributed by atoms with Crippen LogP contribution in [-0.4, -0.2) is 12.0 Å². The Kier molecular flexibility index (Phi) is 4.88. The zero-order valence-corrected chi connectivity index (χ0v) is 12.3. The van der Waals surface area contributed by atoms with Gasteiger partial charge in [0.15, 0.2) is 23.5 Å². The van der Waals surface area contributed by atoms with Gasteiger partial charge in [-0.25, -0.2) is 8.78 Å². The fourth-order valence-electron chi connectivity index (χ4n) is 1.77. The number of halogens is 4. The molecule has 2 rings (SSSR count). The van der Waals surface area contributed by atoms with Gasteiger partial charge >= 0.3 is 0 Å². The van der Waals surface area contributed by atoms with Crippen molar-refractivity contribution in [3.63, 3.8) is 0 Å². The van der Waals surface area contributed by atoms with Gasteiger partial charge in [-0.1, -0.05) is 17.7 Å². The first kappa shape index (κ1) is 16.8. The minimum Gasteiger partial charge on any atom is -0.475 e. The Bertz CT molecular complexity index is 706. The van der Waals surface area contributed by atoms with Crippen molar-refractivity contribution in [1.82, 2.24) is 0 Å². The Balaban J connectivity index is 2.14. The van der Waals surface area contributed by atoms with Crippen LogP contribution in [0.3, 0.4) is 0 Å². The van der Waals surface area contributed by atoms with Gasteiger partial charge in [0.2, 0.25) is 11.6 Å². The molecule has 1 N–H and O–H groups in total. The number of aryl methyl sites for hydroxylation is 1. The molecule has 0 radical (unpaired) electrons. The van der Waals surface area contributed by atoms with E-state index in [1.165, 1.54) is 6.92 Å². The number of benzene rings is 2. The van der Waals surface area contributed by atoms with Gasteiger partial charge in [0.1, 0.15) is 0 Å². The molecular weight excluding hydrogens is 314 g/mol. The number of ether oxygens (including phenoxy) is 1. The first-order valence-electron chi connectivity index (χ1n) is 6.66. The molecule has 0 fully saturated rings. The second-order valence-electron chi connectivity index (χ2n) is 4.91. The van der Waals surface area contributed by atoms with Crippen molar-refractivity contribution in [2.24, 2.45) is 0 Å². The minimum atomic E-state index is -1.70. The first-order chi connectivity index (χ1) is 10.8. The van der Waals surface area contributed by atoms with Crippen molar-refractivity contribution < 1.29 is 27.1 Å². The smallest absolute Gasteiger partial charge is 0.265 e. The second kappa shape index (κ2) is 6.68. The number of amides is 1. The predicted molar refractivity (Wildman–Crippen MR) is 76.2 cm³/mol. The van der Waals surface area contributed by atoms with Crippen LogP contribution in [-0.2, 0) is 4.79 Å². The van der Waals surface area contributed by atoms with Crippen LogP contribution in [0.25, 0.3) is 0 Å². The third kappa shape index (κ3) is 3.80. The van der Waals surface area contributed by atoms with Gasteiger partial charge in [-0.05, 0) is 26.0 Å². The number of rotatable bonds is 4. The van der Waals surface area contributed by atoms with E-state index < -0.39 is 41.0 Å². The SMILES string of the molecule is Cc1ccc(NC(=O)[C@H](C)Oc2c(F)c(F)cc(F)c2F)cc1. The molecule has 0 unspecified atom stereocenters. The number of anilines is 1. The topological polar surface area (TPSA) is 38.3 Å². The standard InChI is InChI=1S/C16H13F4NO2/c1-8-3-5-10(6-4-8)21-16(22)9(2)23-15-13(19)11(17)7-12(18)14(15)20/h3-7,9H,1-2H3,(H,21,22)/t9-/m0/s1. The highest BCUT2D eigenvalue weighted by molar-refractivity contribution is 5.94. The van der Waals surface area contributed by atoms with E-state index in [1.54, 1.807) is 24.3 Å². The predicted octanol–water partition coefficient (Wildman–Crippen LogP) is 3.96. The van der Waals surface area contributed by atoms with Crippen LogP contribution in [0.5, 0.6) is 5.75 Å². The van der Waals surface area contributed by atoms with E-state index in [4.69, 9.17) is 4.74 Å². The van der Waals surface area contributed by atoms with Gasteiger partial charge < -0.3 is 10.1 Å². The van der Waals surface area contributed by atoms with E-state index in [9.17, 15) is 22.4 Å². The molecule has 2 aromatic rings. The molecular formula is C16H13F4NO2. The van der Waals surface area contributed by atoms with Crippen molar-refractivity contribution in [1.29, 1.82) is 0 Å². The lowest BCUT2D eigenvalue weighted by Crippen LogP contribution is -2.31. The monoisotopic (exact) mass is 327 g/mol. The molecule has 0 saturated carbocycles. The molecule has 0 aliphatic heterocycles. The summed E-state index contributed by atoms with van der Waals surface area (Å²) in [6, 6.07) is 6.82. The summed E-state index contributed by atoms with van der Waals surface area (Å²) >= 11 is 0. The highest BCUT2D eigenvalue weighted by Gasteiger charge is 2.24. The third-order valence-corrected chi connectivity index (χ3v) is 3.05. The Morgan fingerprint density at radius 2 is 1.57 bits per heavy atom. The lowest BCUT2D eigenvalue weighted by atomic mass is 10.2. The fraction of sp³-hybridized carbons (Fsp3) is 0.188. The molecule has 23 heavy (non-hydrogen) atoms. The zero-order valence-electron chi connectivity index (χ0n) is 12.3. The quantitative estimate of drug-likeness (QED) is 0.682. The largest absolute Gasteiger partial charge is 0.475 e. The van der Waals surface area contributed by atoms with Crippen LogP contribution >= 0.6 is 0 Å². The van der Waals surface area contributed by atoms with Crippen molar-refractivity contribution in [3.8, 4) is 5.75 Å². The van der Waals surface area contributed by atoms with Crippen molar-refractivity contribution in [3.05, 3.63) is 59.2 Å². The number of hydrogen-bond acceptors (Lipinski definition) is 2. The molecule has 0 heterocycles. The molecule has 122 valence electrons. The minimum absolute atomic E-state index is 0.0641. The number of nitrogens with one attached hydrogen (secondary N) is 1. The molecule has 0 aliphatic carbocycles. The van der Waals surface area contributed by atoms with Gasteiger partial charge in [-0.2, -0.15) is 8.78 Å². The summed E-state index contributed by atoms with van der Waals surface area (Å²) in [5.41, 5.74) is 1.43. The summed E-state index contributed by atoms with van der Waals surface area (Å²) < 4.78 is 57.9. The molecule has 7 heteroatoms. The normalized spacial score (nSPS) is 11.9. The van der Waals surface area contributed by atoms with E-state index in [-0.39, 0.29) is 6.07 Å². The van der Waals surface area contributed by atoms with Gasteiger partial charge in [0, 0.05) is 11.8 Å². The molecule has 3 nitrogen and oxygen atoms in total. The molecule has 0 spiro atoms. The molecule has 2 aromatic carbocycles. The Morgan fingerprint density at radius 3 is 2.09 bits per heavy atom. The fourth-order valence-corrected chi connectivity index (χ4v) is 1.77. The van der Waals surface area contributed by atoms with Crippen LogP contribution < -0.4 is 10.1 Å². The Labute approximate surface area is 129 Å². The maximum absolute atomic E-state index is 13.5. The summed E-state index contributed by atoms with van der Waals surface area (Å²) in [5, 5.41) is 2.46. The van der Waals surface area contributed by atoms with E-state index >= 15 is 0 Å². The lowest BCUT2D eigenvalue weighted by molar-refractivity contribution is -0.122. The first-order valence-corrected chi connectivity index (χ1v) is 6.66. The molecule has 1 atom stereocenters. The molecule has 0 aliphatic rings. The number of hydrogen-bond donors (Lipinski definition) is 1. The number of carbonyl (C=O) groups is 1.